The van der Waals surface area contributed by atoms with Crippen LogP contribution in [0.15, 0.2) is 23.3 Å². The fourth-order valence-electron chi connectivity index (χ4n) is 2.69. The predicted octanol–water partition coefficient (Wildman–Crippen LogP) is 2.96. The van der Waals surface area contributed by atoms with Gasteiger partial charge in [-0.15, -0.1) is 24.0 Å². The third kappa shape index (κ3) is 3.89. The van der Waals surface area contributed by atoms with E-state index >= 15 is 0 Å². The highest BCUT2D eigenvalue weighted by Gasteiger charge is 2.53. The van der Waals surface area contributed by atoms with E-state index in [1.54, 1.807) is 0 Å². The Labute approximate surface area is 157 Å². The van der Waals surface area contributed by atoms with Crippen LogP contribution in [0.25, 0.3) is 0 Å². The number of hydrogen-bond donors (Lipinski definition) is 1. The summed E-state index contributed by atoms with van der Waals surface area (Å²) in [5.74, 6) is 1.94. The number of likely N-dealkylation sites (tertiary alicyclic amines) is 1. The molecule has 23 heavy (non-hydrogen) atoms. The monoisotopic (exact) mass is 431 g/mol. The fourth-order valence-corrected chi connectivity index (χ4v) is 2.69. The second kappa shape index (κ2) is 7.23. The third-order valence-corrected chi connectivity index (χ3v) is 5.07. The molecule has 0 spiro atoms. The normalized spacial score (nSPS) is 18.7. The number of halogens is 1. The molecule has 0 radical (unpaired) electrons. The summed E-state index contributed by atoms with van der Waals surface area (Å²) in [5, 5.41) is 3.48. The van der Waals surface area contributed by atoms with Gasteiger partial charge in [0.25, 0.3) is 0 Å². The van der Waals surface area contributed by atoms with E-state index in [1.807, 2.05) is 38.3 Å². The maximum atomic E-state index is 4.45. The van der Waals surface area contributed by atoms with Crippen LogP contribution in [0, 0.1) is 5.41 Å². The number of anilines is 1. The van der Waals surface area contributed by atoms with Gasteiger partial charge in [-0.1, -0.05) is 13.8 Å². The summed E-state index contributed by atoms with van der Waals surface area (Å²) in [4.78, 5) is 13.2. The van der Waals surface area contributed by atoms with E-state index in [2.05, 4.69) is 54.0 Å². The zero-order chi connectivity index (χ0) is 16.5. The van der Waals surface area contributed by atoms with Gasteiger partial charge >= 0.3 is 0 Å². The molecule has 0 aromatic carbocycles. The van der Waals surface area contributed by atoms with Crippen molar-refractivity contribution in [3.8, 4) is 0 Å². The average molecular weight is 431 g/mol. The van der Waals surface area contributed by atoms with Crippen molar-refractivity contribution in [2.45, 2.75) is 39.8 Å². The van der Waals surface area contributed by atoms with Crippen molar-refractivity contribution in [3.63, 3.8) is 0 Å². The molecule has 0 saturated carbocycles. The number of hydrogen-bond acceptors (Lipinski definition) is 3. The van der Waals surface area contributed by atoms with E-state index < -0.39 is 0 Å². The molecule has 2 rings (SSSR count). The van der Waals surface area contributed by atoms with Crippen LogP contribution >= 0.6 is 24.0 Å². The van der Waals surface area contributed by atoms with Gasteiger partial charge in [0.1, 0.15) is 5.82 Å². The summed E-state index contributed by atoms with van der Waals surface area (Å²) in [6.07, 6.45) is 1.85. The van der Waals surface area contributed by atoms with E-state index in [-0.39, 0.29) is 29.5 Å². The molecule has 1 aromatic rings. The van der Waals surface area contributed by atoms with E-state index in [0.29, 0.717) is 5.41 Å². The molecule has 5 nitrogen and oxygen atoms in total. The highest BCUT2D eigenvalue weighted by molar-refractivity contribution is 14.0. The molecule has 1 aromatic heterocycles. The summed E-state index contributed by atoms with van der Waals surface area (Å²) in [5.41, 5.74) is 1.62. The van der Waals surface area contributed by atoms with Crippen LogP contribution in [-0.4, -0.2) is 49.1 Å². The van der Waals surface area contributed by atoms with Crippen molar-refractivity contribution < 1.29 is 0 Å². The second-order valence-electron chi connectivity index (χ2n) is 7.35. The quantitative estimate of drug-likeness (QED) is 0.454. The first kappa shape index (κ1) is 20.0. The van der Waals surface area contributed by atoms with Crippen LogP contribution < -0.4 is 10.2 Å². The van der Waals surface area contributed by atoms with Crippen molar-refractivity contribution in [1.82, 2.24) is 15.2 Å². The van der Waals surface area contributed by atoms with Crippen molar-refractivity contribution in [1.29, 1.82) is 0 Å². The maximum Gasteiger partial charge on any atom is 0.194 e. The molecule has 2 heterocycles. The highest BCUT2D eigenvalue weighted by Crippen LogP contribution is 2.46. The lowest BCUT2D eigenvalue weighted by molar-refractivity contribution is -0.0667. The predicted molar refractivity (Wildman–Crippen MR) is 109 cm³/mol. The Kier molecular flexibility index (Phi) is 6.29. The molecule has 0 bridgehead atoms. The first-order valence-electron chi connectivity index (χ1n) is 7.79. The number of nitrogens with zero attached hydrogens (tertiary/aromatic N) is 4. The fraction of sp³-hybridized carbons (Fsp3) is 0.647. The molecular formula is C17H30IN5. The zero-order valence-corrected chi connectivity index (χ0v) is 17.7. The Morgan fingerprint density at radius 2 is 2.00 bits per heavy atom. The summed E-state index contributed by atoms with van der Waals surface area (Å²) in [6.45, 7) is 11.0. The molecule has 0 unspecified atom stereocenters. The molecule has 1 aliphatic heterocycles. The lowest BCUT2D eigenvalue weighted by Gasteiger charge is -2.62. The van der Waals surface area contributed by atoms with Gasteiger partial charge < -0.3 is 15.1 Å². The summed E-state index contributed by atoms with van der Waals surface area (Å²) >= 11 is 0. The maximum absolute atomic E-state index is 4.45. The minimum absolute atomic E-state index is 0. The Hall–Kier alpha value is -1.05. The first-order valence-corrected chi connectivity index (χ1v) is 7.79. The van der Waals surface area contributed by atoms with E-state index in [4.69, 9.17) is 0 Å². The molecule has 0 aliphatic carbocycles. The van der Waals surface area contributed by atoms with Gasteiger partial charge in [0.15, 0.2) is 5.96 Å². The van der Waals surface area contributed by atoms with E-state index in [1.165, 1.54) is 5.56 Å². The Morgan fingerprint density at radius 1 is 1.35 bits per heavy atom. The van der Waals surface area contributed by atoms with Crippen molar-refractivity contribution in [2.75, 3.05) is 32.6 Å². The number of nitrogens with one attached hydrogen (secondary N) is 1. The Bertz CT molecular complexity index is 566. The number of guanidine groups is 1. The van der Waals surface area contributed by atoms with Gasteiger partial charge in [0, 0.05) is 51.4 Å². The van der Waals surface area contributed by atoms with Crippen LogP contribution in [0.5, 0.6) is 0 Å². The molecule has 1 fully saturated rings. The third-order valence-electron chi connectivity index (χ3n) is 5.07. The van der Waals surface area contributed by atoms with Gasteiger partial charge in [-0.25, -0.2) is 4.98 Å². The number of pyridine rings is 1. The molecular weight excluding hydrogens is 401 g/mol. The molecule has 1 N–H and O–H groups in total. The summed E-state index contributed by atoms with van der Waals surface area (Å²) in [7, 11) is 5.85. The van der Waals surface area contributed by atoms with Crippen molar-refractivity contribution in [3.05, 3.63) is 23.9 Å². The largest absolute Gasteiger partial charge is 0.363 e. The van der Waals surface area contributed by atoms with Crippen LogP contribution in [0.1, 0.15) is 33.3 Å². The number of aromatic nitrogens is 1. The van der Waals surface area contributed by atoms with Gasteiger partial charge in [-0.2, -0.15) is 0 Å². The van der Waals surface area contributed by atoms with Gasteiger partial charge in [0.05, 0.1) is 0 Å². The number of aliphatic imine (C=N–C) groups is 1. The molecule has 0 amide bonds. The van der Waals surface area contributed by atoms with Gasteiger partial charge in [-0.3, -0.25) is 4.99 Å². The summed E-state index contributed by atoms with van der Waals surface area (Å²) in [6, 6.07) is 4.14. The molecule has 0 atom stereocenters. The molecule has 1 saturated heterocycles. The SMILES string of the molecule is CN=C(NCc1ccnc(N(C)C)c1)N1CC(C)(C)C1(C)C.I. The summed E-state index contributed by atoms with van der Waals surface area (Å²) < 4.78 is 0. The van der Waals surface area contributed by atoms with Crippen LogP contribution in [-0.2, 0) is 6.54 Å². The van der Waals surface area contributed by atoms with Crippen LogP contribution in [0.4, 0.5) is 5.82 Å². The van der Waals surface area contributed by atoms with Crippen LogP contribution in [0.3, 0.4) is 0 Å². The van der Waals surface area contributed by atoms with E-state index in [9.17, 15) is 0 Å². The lowest BCUT2D eigenvalue weighted by atomic mass is 9.65. The van der Waals surface area contributed by atoms with E-state index in [0.717, 1.165) is 24.9 Å². The highest BCUT2D eigenvalue weighted by atomic mass is 127. The molecule has 130 valence electrons. The van der Waals surface area contributed by atoms with Gasteiger partial charge in [0.2, 0.25) is 0 Å². The lowest BCUT2D eigenvalue weighted by Crippen LogP contribution is -2.72. The molecule has 1 aliphatic rings. The average Bonchev–Trinajstić information content (AvgIpc) is 2.47. The van der Waals surface area contributed by atoms with Crippen molar-refractivity contribution >= 4 is 35.8 Å². The first-order chi connectivity index (χ1) is 10.2. The minimum atomic E-state index is 0. The van der Waals surface area contributed by atoms with Crippen molar-refractivity contribution in [2.24, 2.45) is 10.4 Å². The Balaban J connectivity index is 0.00000264. The van der Waals surface area contributed by atoms with Crippen LogP contribution in [0.2, 0.25) is 0 Å². The number of rotatable bonds is 3. The topological polar surface area (TPSA) is 43.8 Å². The molecule has 6 heteroatoms. The van der Waals surface area contributed by atoms with Gasteiger partial charge in [-0.05, 0) is 31.5 Å². The Morgan fingerprint density at radius 3 is 2.48 bits per heavy atom. The zero-order valence-electron chi connectivity index (χ0n) is 15.3. The minimum Gasteiger partial charge on any atom is -0.363 e. The second-order valence-corrected chi connectivity index (χ2v) is 7.35. The smallest absolute Gasteiger partial charge is 0.194 e. The standard InChI is InChI=1S/C17H29N5.HI/c1-16(2)12-22(17(16,3)4)15(18-5)20-11-13-8-9-19-14(10-13)21(6)7;/h8-10H,11-12H2,1-7H3,(H,18,20);1H.